The molecule has 3 heteroatoms. The predicted octanol–water partition coefficient (Wildman–Crippen LogP) is -0.392. The van der Waals surface area contributed by atoms with E-state index >= 15 is 0 Å². The fourth-order valence-electron chi connectivity index (χ4n) is 0.714. The first-order chi connectivity index (χ1) is 4.43. The summed E-state index contributed by atoms with van der Waals surface area (Å²) in [5.41, 5.74) is 5.22. The molecule has 1 rings (SSSR count). The molecule has 0 radical (unpaired) electrons. The summed E-state index contributed by atoms with van der Waals surface area (Å²) < 4.78 is 10.1. The summed E-state index contributed by atoms with van der Waals surface area (Å²) in [5, 5.41) is 0. The molecule has 1 fully saturated rings. The molecule has 0 aliphatic carbocycles. The van der Waals surface area contributed by atoms with E-state index in [0.717, 1.165) is 19.8 Å². The van der Waals surface area contributed by atoms with Crippen molar-refractivity contribution in [2.24, 2.45) is 11.7 Å². The van der Waals surface area contributed by atoms with Crippen molar-refractivity contribution in [1.29, 1.82) is 0 Å². The van der Waals surface area contributed by atoms with Gasteiger partial charge in [-0.25, -0.2) is 0 Å². The van der Waals surface area contributed by atoms with Crippen LogP contribution in [0.1, 0.15) is 0 Å². The molecule has 0 bridgehead atoms. The fraction of sp³-hybridized carbons (Fsp3) is 1.00. The highest BCUT2D eigenvalue weighted by molar-refractivity contribution is 4.63. The third-order valence-corrected chi connectivity index (χ3v) is 1.32. The summed E-state index contributed by atoms with van der Waals surface area (Å²) in [6, 6.07) is 0. The highest BCUT2D eigenvalue weighted by atomic mass is 16.5. The molecule has 1 heterocycles. The van der Waals surface area contributed by atoms with Crippen molar-refractivity contribution in [2.75, 3.05) is 33.0 Å². The smallest absolute Gasteiger partial charge is 0.0588 e. The van der Waals surface area contributed by atoms with Crippen molar-refractivity contribution >= 4 is 0 Å². The van der Waals surface area contributed by atoms with Gasteiger partial charge in [-0.2, -0.15) is 0 Å². The van der Waals surface area contributed by atoms with Crippen LogP contribution in [0.3, 0.4) is 0 Å². The van der Waals surface area contributed by atoms with E-state index in [1.165, 1.54) is 0 Å². The van der Waals surface area contributed by atoms with E-state index in [0.29, 0.717) is 19.1 Å². The first-order valence-corrected chi connectivity index (χ1v) is 3.29. The summed E-state index contributed by atoms with van der Waals surface area (Å²) in [6.45, 7) is 3.84. The van der Waals surface area contributed by atoms with Crippen molar-refractivity contribution in [1.82, 2.24) is 0 Å². The van der Waals surface area contributed by atoms with E-state index in [4.69, 9.17) is 15.2 Å². The number of hydrogen-bond donors (Lipinski definition) is 1. The second-order valence-corrected chi connectivity index (χ2v) is 2.27. The maximum Gasteiger partial charge on any atom is 0.0588 e. The molecule has 0 aromatic heterocycles. The van der Waals surface area contributed by atoms with E-state index in [1.807, 2.05) is 0 Å². The first kappa shape index (κ1) is 6.99. The fourth-order valence-corrected chi connectivity index (χ4v) is 0.714. The third-order valence-electron chi connectivity index (χ3n) is 1.32. The van der Waals surface area contributed by atoms with Gasteiger partial charge in [0.1, 0.15) is 0 Å². The van der Waals surface area contributed by atoms with Crippen molar-refractivity contribution in [3.05, 3.63) is 0 Å². The molecule has 9 heavy (non-hydrogen) atoms. The Morgan fingerprint density at radius 2 is 2.33 bits per heavy atom. The number of rotatable bonds is 4. The molecule has 0 saturated carbocycles. The maximum absolute atomic E-state index is 5.22. The largest absolute Gasteiger partial charge is 0.381 e. The van der Waals surface area contributed by atoms with Crippen molar-refractivity contribution in [3.63, 3.8) is 0 Å². The molecule has 54 valence electrons. The number of hydrogen-bond acceptors (Lipinski definition) is 3. The lowest BCUT2D eigenvalue weighted by molar-refractivity contribution is -0.0704. The van der Waals surface area contributed by atoms with Crippen LogP contribution >= 0.6 is 0 Å². The van der Waals surface area contributed by atoms with E-state index in [9.17, 15) is 0 Å². The highest BCUT2D eigenvalue weighted by Crippen LogP contribution is 2.08. The zero-order valence-electron chi connectivity index (χ0n) is 5.51. The van der Waals surface area contributed by atoms with Crippen molar-refractivity contribution in [3.8, 4) is 0 Å². The van der Waals surface area contributed by atoms with Gasteiger partial charge in [0.15, 0.2) is 0 Å². The molecule has 0 aromatic rings. The van der Waals surface area contributed by atoms with Crippen LogP contribution in [0, 0.1) is 5.92 Å². The van der Waals surface area contributed by atoms with Gasteiger partial charge in [0.25, 0.3) is 0 Å². The van der Waals surface area contributed by atoms with Gasteiger partial charge in [-0.05, 0) is 0 Å². The Bertz CT molecular complexity index is 73.5. The summed E-state index contributed by atoms with van der Waals surface area (Å²) >= 11 is 0. The van der Waals surface area contributed by atoms with Gasteiger partial charge in [-0.15, -0.1) is 0 Å². The predicted molar refractivity (Wildman–Crippen MR) is 34.2 cm³/mol. The molecule has 0 aromatic carbocycles. The van der Waals surface area contributed by atoms with Crippen LogP contribution in [-0.4, -0.2) is 33.0 Å². The molecular weight excluding hydrogens is 118 g/mol. The second kappa shape index (κ2) is 3.82. The van der Waals surface area contributed by atoms with E-state index in [-0.39, 0.29) is 0 Å². The lowest BCUT2D eigenvalue weighted by Gasteiger charge is -2.25. The van der Waals surface area contributed by atoms with Gasteiger partial charge < -0.3 is 15.2 Å². The minimum Gasteiger partial charge on any atom is -0.381 e. The monoisotopic (exact) mass is 131 g/mol. The molecule has 1 aliphatic heterocycles. The zero-order valence-corrected chi connectivity index (χ0v) is 5.51. The van der Waals surface area contributed by atoms with Crippen LogP contribution in [0.5, 0.6) is 0 Å². The summed E-state index contributed by atoms with van der Waals surface area (Å²) in [7, 11) is 0. The molecule has 1 saturated heterocycles. The Morgan fingerprint density at radius 1 is 1.56 bits per heavy atom. The molecule has 0 atom stereocenters. The zero-order chi connectivity index (χ0) is 6.53. The minimum absolute atomic E-state index is 0.619. The van der Waals surface area contributed by atoms with Gasteiger partial charge in [-0.3, -0.25) is 0 Å². The lowest BCUT2D eigenvalue weighted by Crippen LogP contribution is -2.32. The standard InChI is InChI=1S/C6H13NO2/c7-1-2-8-3-6-4-9-5-6/h6H,1-5,7H2. The van der Waals surface area contributed by atoms with Crippen LogP contribution in [-0.2, 0) is 9.47 Å². The topological polar surface area (TPSA) is 44.5 Å². The Balaban J connectivity index is 1.80. The molecule has 0 spiro atoms. The number of nitrogens with two attached hydrogens (primary N) is 1. The summed E-state index contributed by atoms with van der Waals surface area (Å²) in [5.74, 6) is 0.636. The Morgan fingerprint density at radius 3 is 2.78 bits per heavy atom. The molecule has 2 N–H and O–H groups in total. The third kappa shape index (κ3) is 2.30. The van der Waals surface area contributed by atoms with E-state index in [1.54, 1.807) is 0 Å². The lowest BCUT2D eigenvalue weighted by atomic mass is 10.1. The van der Waals surface area contributed by atoms with Crippen LogP contribution in [0.4, 0.5) is 0 Å². The summed E-state index contributed by atoms with van der Waals surface area (Å²) in [6.07, 6.45) is 0. The first-order valence-electron chi connectivity index (χ1n) is 3.29. The van der Waals surface area contributed by atoms with Gasteiger partial charge >= 0.3 is 0 Å². The average molecular weight is 131 g/mol. The van der Waals surface area contributed by atoms with Crippen LogP contribution in [0.25, 0.3) is 0 Å². The Labute approximate surface area is 55.1 Å². The molecule has 1 aliphatic rings. The quantitative estimate of drug-likeness (QED) is 0.528. The van der Waals surface area contributed by atoms with Crippen LogP contribution in [0.15, 0.2) is 0 Å². The Hall–Kier alpha value is -0.120. The van der Waals surface area contributed by atoms with Gasteiger partial charge in [-0.1, -0.05) is 0 Å². The van der Waals surface area contributed by atoms with Crippen molar-refractivity contribution in [2.45, 2.75) is 0 Å². The second-order valence-electron chi connectivity index (χ2n) is 2.27. The number of ether oxygens (including phenoxy) is 2. The molecule has 0 unspecified atom stereocenters. The molecule has 0 amide bonds. The Kier molecular flexibility index (Phi) is 2.97. The van der Waals surface area contributed by atoms with Crippen molar-refractivity contribution < 1.29 is 9.47 Å². The van der Waals surface area contributed by atoms with E-state index in [2.05, 4.69) is 0 Å². The average Bonchev–Trinajstić information content (AvgIpc) is 1.76. The highest BCUT2D eigenvalue weighted by Gasteiger charge is 2.17. The van der Waals surface area contributed by atoms with E-state index < -0.39 is 0 Å². The normalized spacial score (nSPS) is 19.7. The van der Waals surface area contributed by atoms with Gasteiger partial charge in [0.05, 0.1) is 26.4 Å². The summed E-state index contributed by atoms with van der Waals surface area (Å²) in [4.78, 5) is 0. The SMILES string of the molecule is NCCOCC1COC1. The van der Waals surface area contributed by atoms with Crippen LogP contribution in [0.2, 0.25) is 0 Å². The maximum atomic E-state index is 5.22. The minimum atomic E-state index is 0.619. The molecule has 3 nitrogen and oxygen atoms in total. The van der Waals surface area contributed by atoms with Gasteiger partial charge in [0.2, 0.25) is 0 Å². The van der Waals surface area contributed by atoms with Gasteiger partial charge in [0, 0.05) is 12.5 Å². The molecular formula is C6H13NO2. The van der Waals surface area contributed by atoms with Crippen LogP contribution < -0.4 is 5.73 Å².